The largest absolute Gasteiger partial charge is 0.471 e. The van der Waals surface area contributed by atoms with Gasteiger partial charge >= 0.3 is 0 Å². The standard InChI is InChI=1S/C21H13N7O3.C4H11NO/c1-12-23-18(27-31-12)20-25-24-19-16-4-2-3-5-17(16)21(26-28(19)20)30-11-14-7-6-13(10-29)8-15(14)9-22;1-4(3-6)5-2/h2-8,10H,11H2,1H3;4-6H,3H2,1-2H3/t;4-/m.1/s1. The molecule has 12 nitrogen and oxygen atoms in total. The van der Waals surface area contributed by atoms with Crippen molar-refractivity contribution in [2.45, 2.75) is 26.5 Å². The Morgan fingerprint density at radius 1 is 1.24 bits per heavy atom. The van der Waals surface area contributed by atoms with E-state index in [2.05, 4.69) is 36.8 Å². The number of rotatable bonds is 7. The summed E-state index contributed by atoms with van der Waals surface area (Å²) < 4.78 is 12.6. The van der Waals surface area contributed by atoms with E-state index in [0.717, 1.165) is 10.8 Å². The number of aliphatic hydroxyl groups is 1. The van der Waals surface area contributed by atoms with Gasteiger partial charge in [-0.25, -0.2) is 0 Å². The van der Waals surface area contributed by atoms with Gasteiger partial charge in [0, 0.05) is 34.9 Å². The lowest BCUT2D eigenvalue weighted by atomic mass is 10.1. The van der Waals surface area contributed by atoms with Crippen molar-refractivity contribution in [3.8, 4) is 23.6 Å². The Kier molecular flexibility index (Phi) is 7.77. The van der Waals surface area contributed by atoms with Crippen LogP contribution in [0.3, 0.4) is 0 Å². The fourth-order valence-electron chi connectivity index (χ4n) is 3.32. The zero-order chi connectivity index (χ0) is 26.4. The van der Waals surface area contributed by atoms with Crippen LogP contribution in [-0.4, -0.2) is 61.0 Å². The molecule has 3 aromatic heterocycles. The molecule has 2 N–H and O–H groups in total. The number of hydrogen-bond acceptors (Lipinski definition) is 11. The van der Waals surface area contributed by atoms with Gasteiger partial charge in [0.25, 0.3) is 0 Å². The number of aliphatic hydroxyl groups excluding tert-OH is 1. The average Bonchev–Trinajstić information content (AvgIpc) is 3.57. The van der Waals surface area contributed by atoms with Crippen LogP contribution < -0.4 is 10.1 Å². The second-order valence-corrected chi connectivity index (χ2v) is 8.05. The van der Waals surface area contributed by atoms with E-state index in [1.165, 1.54) is 10.6 Å². The van der Waals surface area contributed by atoms with Gasteiger partial charge in [-0.2, -0.15) is 14.8 Å². The second kappa shape index (κ2) is 11.3. The van der Waals surface area contributed by atoms with Crippen LogP contribution in [0.25, 0.3) is 28.1 Å². The SMILES string of the molecule is CN[C@H](C)CO.Cc1nc(-c2nnc3c4ccccc4c(OCc4ccc(C=O)cc4C#N)nn23)no1. The molecular formula is C25H24N8O4. The van der Waals surface area contributed by atoms with Gasteiger partial charge in [-0.3, -0.25) is 4.79 Å². The van der Waals surface area contributed by atoms with Crippen LogP contribution in [0, 0.1) is 18.3 Å². The molecule has 3 heterocycles. The average molecular weight is 501 g/mol. The summed E-state index contributed by atoms with van der Waals surface area (Å²) >= 11 is 0. The van der Waals surface area contributed by atoms with Gasteiger partial charge in [0.15, 0.2) is 5.65 Å². The first-order valence-corrected chi connectivity index (χ1v) is 11.3. The van der Waals surface area contributed by atoms with Crippen LogP contribution in [0.4, 0.5) is 0 Å². The number of hydrogen-bond donors (Lipinski definition) is 2. The quantitative estimate of drug-likeness (QED) is 0.315. The summed E-state index contributed by atoms with van der Waals surface area (Å²) in [5.41, 5.74) is 1.95. The van der Waals surface area contributed by atoms with Crippen LogP contribution in [0.5, 0.6) is 5.88 Å². The van der Waals surface area contributed by atoms with Gasteiger partial charge in [0.1, 0.15) is 12.9 Å². The number of nitriles is 1. The highest BCUT2D eigenvalue weighted by molar-refractivity contribution is 5.96. The Morgan fingerprint density at radius 2 is 2.03 bits per heavy atom. The van der Waals surface area contributed by atoms with Gasteiger partial charge in [-0.1, -0.05) is 35.5 Å². The van der Waals surface area contributed by atoms with Crippen molar-refractivity contribution in [3.63, 3.8) is 0 Å². The van der Waals surface area contributed by atoms with E-state index in [1.807, 2.05) is 38.2 Å². The molecule has 2 aromatic carbocycles. The van der Waals surface area contributed by atoms with E-state index in [-0.39, 0.29) is 25.1 Å². The molecule has 0 amide bonds. The molecule has 0 aliphatic rings. The minimum atomic E-state index is 0.0866. The number of carbonyl (C=O) groups is 1. The van der Waals surface area contributed by atoms with Gasteiger partial charge < -0.3 is 19.7 Å². The highest BCUT2D eigenvalue weighted by Gasteiger charge is 2.19. The summed E-state index contributed by atoms with van der Waals surface area (Å²) in [5.74, 6) is 1.30. The molecule has 1 atom stereocenters. The lowest BCUT2D eigenvalue weighted by Gasteiger charge is -2.10. The fourth-order valence-corrected chi connectivity index (χ4v) is 3.32. The van der Waals surface area contributed by atoms with Crippen molar-refractivity contribution in [2.75, 3.05) is 13.7 Å². The first-order valence-electron chi connectivity index (χ1n) is 11.3. The van der Waals surface area contributed by atoms with E-state index in [1.54, 1.807) is 19.1 Å². The minimum Gasteiger partial charge on any atom is -0.471 e. The van der Waals surface area contributed by atoms with Crippen molar-refractivity contribution in [1.29, 1.82) is 5.26 Å². The predicted molar refractivity (Wildman–Crippen MR) is 133 cm³/mol. The Bertz CT molecular complexity index is 1580. The summed E-state index contributed by atoms with van der Waals surface area (Å²) in [7, 11) is 1.82. The number of aldehydes is 1. The van der Waals surface area contributed by atoms with E-state index < -0.39 is 0 Å². The zero-order valence-corrected chi connectivity index (χ0v) is 20.4. The van der Waals surface area contributed by atoms with Gasteiger partial charge in [0.2, 0.25) is 23.4 Å². The molecule has 0 spiro atoms. The molecule has 5 aromatic rings. The van der Waals surface area contributed by atoms with E-state index >= 15 is 0 Å². The van der Waals surface area contributed by atoms with Crippen molar-refractivity contribution in [3.05, 3.63) is 65.0 Å². The molecule has 12 heteroatoms. The van der Waals surface area contributed by atoms with Crippen molar-refractivity contribution in [2.24, 2.45) is 0 Å². The highest BCUT2D eigenvalue weighted by Crippen LogP contribution is 2.29. The summed E-state index contributed by atoms with van der Waals surface area (Å²) in [5, 5.41) is 38.9. The lowest BCUT2D eigenvalue weighted by molar-refractivity contribution is 0.112. The topological polar surface area (TPSA) is 164 Å². The summed E-state index contributed by atoms with van der Waals surface area (Å²) in [6.45, 7) is 3.90. The van der Waals surface area contributed by atoms with Gasteiger partial charge in [0.05, 0.1) is 18.2 Å². The Balaban J connectivity index is 0.000000480. The minimum absolute atomic E-state index is 0.0866. The first-order chi connectivity index (χ1) is 18.0. The molecule has 37 heavy (non-hydrogen) atoms. The summed E-state index contributed by atoms with van der Waals surface area (Å²) in [4.78, 5) is 15.2. The van der Waals surface area contributed by atoms with Crippen LogP contribution in [-0.2, 0) is 6.61 Å². The first kappa shape index (κ1) is 25.4. The maximum Gasteiger partial charge on any atom is 0.242 e. The Labute approximate surface area is 211 Å². The van der Waals surface area contributed by atoms with Crippen LogP contribution >= 0.6 is 0 Å². The van der Waals surface area contributed by atoms with Gasteiger partial charge in [-0.05, 0) is 26.1 Å². The van der Waals surface area contributed by atoms with Crippen LogP contribution in [0.15, 0.2) is 47.0 Å². The molecule has 0 bridgehead atoms. The van der Waals surface area contributed by atoms with Crippen molar-refractivity contribution < 1.29 is 19.2 Å². The third kappa shape index (κ3) is 5.43. The number of benzene rings is 2. The fraction of sp³-hybridized carbons (Fsp3) is 0.240. The number of ether oxygens (including phenoxy) is 1. The number of likely N-dealkylation sites (N-methyl/N-ethyl adjacent to an activating group) is 1. The number of nitrogens with one attached hydrogen (secondary N) is 1. The molecule has 0 aliphatic carbocycles. The molecular weight excluding hydrogens is 476 g/mol. The van der Waals surface area contributed by atoms with Crippen LogP contribution in [0.2, 0.25) is 0 Å². The number of aromatic nitrogens is 6. The van der Waals surface area contributed by atoms with Gasteiger partial charge in [-0.15, -0.1) is 15.3 Å². The molecule has 5 rings (SSSR count). The third-order valence-electron chi connectivity index (χ3n) is 5.48. The molecule has 0 radical (unpaired) electrons. The normalized spacial score (nSPS) is 11.5. The Hall–Kier alpha value is -4.73. The Morgan fingerprint density at radius 3 is 2.65 bits per heavy atom. The lowest BCUT2D eigenvalue weighted by Crippen LogP contribution is -2.24. The number of fused-ring (bicyclic) bond motifs is 3. The highest BCUT2D eigenvalue weighted by atomic mass is 16.5. The molecule has 0 saturated carbocycles. The maximum absolute atomic E-state index is 11.0. The number of aryl methyl sites for hydroxylation is 1. The number of carbonyl (C=O) groups excluding carboxylic acids is 1. The summed E-state index contributed by atoms with van der Waals surface area (Å²) in [6, 6.07) is 14.7. The van der Waals surface area contributed by atoms with Crippen molar-refractivity contribution >= 4 is 22.7 Å². The van der Waals surface area contributed by atoms with Crippen molar-refractivity contribution in [1.82, 2.24) is 35.3 Å². The second-order valence-electron chi connectivity index (χ2n) is 8.05. The third-order valence-corrected chi connectivity index (χ3v) is 5.48. The van der Waals surface area contributed by atoms with E-state index in [0.29, 0.717) is 46.2 Å². The predicted octanol–water partition coefficient (Wildman–Crippen LogP) is 2.49. The smallest absolute Gasteiger partial charge is 0.242 e. The molecule has 0 fully saturated rings. The maximum atomic E-state index is 11.0. The zero-order valence-electron chi connectivity index (χ0n) is 20.4. The molecule has 0 saturated heterocycles. The van der Waals surface area contributed by atoms with E-state index in [4.69, 9.17) is 14.4 Å². The molecule has 188 valence electrons. The summed E-state index contributed by atoms with van der Waals surface area (Å²) in [6.07, 6.45) is 0.696. The monoisotopic (exact) mass is 500 g/mol. The van der Waals surface area contributed by atoms with Crippen LogP contribution in [0.1, 0.15) is 34.3 Å². The number of nitrogens with zero attached hydrogens (tertiary/aromatic N) is 7. The molecule has 0 aliphatic heterocycles. The molecule has 0 unspecified atom stereocenters. The van der Waals surface area contributed by atoms with E-state index in [9.17, 15) is 10.1 Å².